The first kappa shape index (κ1) is 23.2. The van der Waals surface area contributed by atoms with Gasteiger partial charge < -0.3 is 0 Å². The molecular formula is C27H20N4O4. The van der Waals surface area contributed by atoms with Crippen LogP contribution in [0, 0.1) is 20.2 Å². The molecule has 0 aromatic heterocycles. The average molecular weight is 464 g/mol. The summed E-state index contributed by atoms with van der Waals surface area (Å²) in [5.74, 6) is 0. The van der Waals surface area contributed by atoms with Gasteiger partial charge in [0.15, 0.2) is 0 Å². The van der Waals surface area contributed by atoms with Crippen molar-refractivity contribution < 1.29 is 9.85 Å². The zero-order valence-electron chi connectivity index (χ0n) is 18.5. The fraction of sp³-hybridized carbons (Fsp3) is 0.0370. The highest BCUT2D eigenvalue weighted by Gasteiger charge is 2.10. The molecule has 0 saturated heterocycles. The molecule has 0 radical (unpaired) electrons. The Balaban J connectivity index is 1.40. The molecule has 4 aromatic carbocycles. The third-order valence-corrected chi connectivity index (χ3v) is 5.25. The normalized spacial score (nSPS) is 11.2. The maximum absolute atomic E-state index is 11.1. The van der Waals surface area contributed by atoms with Crippen molar-refractivity contribution in [2.75, 3.05) is 0 Å². The Hall–Kier alpha value is -4.98. The Morgan fingerprint density at radius 3 is 1.31 bits per heavy atom. The summed E-state index contributed by atoms with van der Waals surface area (Å²) < 4.78 is 0. The molecule has 0 saturated carbocycles. The number of aliphatic imine (C=N–C) groups is 2. The predicted molar refractivity (Wildman–Crippen MR) is 136 cm³/mol. The van der Waals surface area contributed by atoms with E-state index in [1.54, 1.807) is 36.4 Å². The fourth-order valence-electron chi connectivity index (χ4n) is 3.45. The molecule has 0 amide bonds. The van der Waals surface area contributed by atoms with E-state index in [4.69, 9.17) is 0 Å². The van der Waals surface area contributed by atoms with Crippen LogP contribution in [0.5, 0.6) is 0 Å². The lowest BCUT2D eigenvalue weighted by atomic mass is 10.0. The van der Waals surface area contributed by atoms with Gasteiger partial charge in [-0.3, -0.25) is 30.2 Å². The van der Waals surface area contributed by atoms with Crippen molar-refractivity contribution in [3.8, 4) is 0 Å². The first-order chi connectivity index (χ1) is 17.0. The van der Waals surface area contributed by atoms with Gasteiger partial charge in [-0.25, -0.2) is 0 Å². The largest absolute Gasteiger partial charge is 0.278 e. The summed E-state index contributed by atoms with van der Waals surface area (Å²) in [7, 11) is 0. The minimum Gasteiger partial charge on any atom is -0.258 e. The molecule has 4 aromatic rings. The fourth-order valence-corrected chi connectivity index (χ4v) is 3.45. The summed E-state index contributed by atoms with van der Waals surface area (Å²) >= 11 is 0. The van der Waals surface area contributed by atoms with Crippen molar-refractivity contribution >= 4 is 35.2 Å². The number of para-hydroxylation sites is 2. The van der Waals surface area contributed by atoms with Gasteiger partial charge in [0.25, 0.3) is 11.4 Å². The van der Waals surface area contributed by atoms with Crippen molar-refractivity contribution in [2.45, 2.75) is 6.42 Å². The van der Waals surface area contributed by atoms with E-state index in [0.29, 0.717) is 28.9 Å². The van der Waals surface area contributed by atoms with Gasteiger partial charge in [-0.05, 0) is 53.9 Å². The number of rotatable bonds is 8. The number of benzene rings is 4. The van der Waals surface area contributed by atoms with Gasteiger partial charge in [0.1, 0.15) is 0 Å². The van der Waals surface area contributed by atoms with E-state index in [-0.39, 0.29) is 11.4 Å². The first-order valence-electron chi connectivity index (χ1n) is 10.7. The van der Waals surface area contributed by atoms with Crippen LogP contribution in [0.3, 0.4) is 0 Å². The summed E-state index contributed by atoms with van der Waals surface area (Å²) in [6.45, 7) is 0. The number of nitrogens with zero attached hydrogens (tertiary/aromatic N) is 4. The van der Waals surface area contributed by atoms with Crippen LogP contribution in [0.1, 0.15) is 22.3 Å². The second kappa shape index (κ2) is 10.8. The molecule has 35 heavy (non-hydrogen) atoms. The van der Waals surface area contributed by atoms with Crippen molar-refractivity contribution in [2.24, 2.45) is 9.98 Å². The van der Waals surface area contributed by atoms with E-state index in [1.807, 2.05) is 48.5 Å². The molecule has 0 atom stereocenters. The van der Waals surface area contributed by atoms with Crippen LogP contribution in [0.25, 0.3) is 0 Å². The molecule has 0 N–H and O–H groups in total. The van der Waals surface area contributed by atoms with Gasteiger partial charge in [0.2, 0.25) is 0 Å². The highest BCUT2D eigenvalue weighted by Crippen LogP contribution is 2.21. The summed E-state index contributed by atoms with van der Waals surface area (Å²) in [5.41, 5.74) is 4.51. The van der Waals surface area contributed by atoms with Crippen LogP contribution in [0.4, 0.5) is 22.7 Å². The Kier molecular flexibility index (Phi) is 7.13. The third-order valence-electron chi connectivity index (χ3n) is 5.25. The molecule has 8 heteroatoms. The smallest absolute Gasteiger partial charge is 0.258 e. The molecule has 8 nitrogen and oxygen atoms in total. The topological polar surface area (TPSA) is 111 Å². The minimum atomic E-state index is -0.424. The van der Waals surface area contributed by atoms with E-state index in [2.05, 4.69) is 9.98 Å². The molecule has 0 fully saturated rings. The highest BCUT2D eigenvalue weighted by molar-refractivity contribution is 5.87. The Labute approximate surface area is 201 Å². The third kappa shape index (κ3) is 6.08. The second-order valence-electron chi connectivity index (χ2n) is 7.66. The van der Waals surface area contributed by atoms with E-state index in [1.165, 1.54) is 24.6 Å². The summed E-state index contributed by atoms with van der Waals surface area (Å²) in [5, 5.41) is 22.2. The molecule has 4 rings (SSSR count). The van der Waals surface area contributed by atoms with Crippen molar-refractivity contribution in [3.05, 3.63) is 140 Å². The van der Waals surface area contributed by atoms with Gasteiger partial charge >= 0.3 is 0 Å². The lowest BCUT2D eigenvalue weighted by Crippen LogP contribution is -1.93. The molecule has 0 heterocycles. The highest BCUT2D eigenvalue weighted by atomic mass is 16.6. The maximum Gasteiger partial charge on any atom is 0.278 e. The Morgan fingerprint density at radius 2 is 0.943 bits per heavy atom. The van der Waals surface area contributed by atoms with E-state index in [0.717, 1.165) is 11.1 Å². The molecule has 172 valence electrons. The molecule has 0 aliphatic rings. The van der Waals surface area contributed by atoms with Crippen LogP contribution in [-0.2, 0) is 6.42 Å². The molecule has 0 bridgehead atoms. The van der Waals surface area contributed by atoms with Crippen molar-refractivity contribution in [1.29, 1.82) is 0 Å². The van der Waals surface area contributed by atoms with Crippen LogP contribution in [0.15, 0.2) is 107 Å². The number of nitro groups is 2. The lowest BCUT2D eigenvalue weighted by molar-refractivity contribution is -0.385. The Bertz CT molecular complexity index is 1300. The monoisotopic (exact) mass is 464 g/mol. The molecular weight excluding hydrogens is 444 g/mol. The van der Waals surface area contributed by atoms with Crippen molar-refractivity contribution in [1.82, 2.24) is 0 Å². The van der Waals surface area contributed by atoms with E-state index < -0.39 is 9.85 Å². The zero-order valence-corrected chi connectivity index (χ0v) is 18.5. The average Bonchev–Trinajstić information content (AvgIpc) is 2.88. The first-order valence-corrected chi connectivity index (χ1v) is 10.7. The van der Waals surface area contributed by atoms with Gasteiger partial charge in [0.05, 0.1) is 32.3 Å². The summed E-state index contributed by atoms with van der Waals surface area (Å²) in [6.07, 6.45) is 3.70. The summed E-state index contributed by atoms with van der Waals surface area (Å²) in [6, 6.07) is 28.3. The van der Waals surface area contributed by atoms with Crippen LogP contribution in [-0.4, -0.2) is 22.3 Å². The number of nitro benzene ring substituents is 2. The molecule has 0 aliphatic carbocycles. The van der Waals surface area contributed by atoms with Gasteiger partial charge in [-0.15, -0.1) is 0 Å². The lowest BCUT2D eigenvalue weighted by Gasteiger charge is -2.04. The van der Waals surface area contributed by atoms with Gasteiger partial charge in [0, 0.05) is 24.6 Å². The van der Waals surface area contributed by atoms with Gasteiger partial charge in [-0.1, -0.05) is 48.5 Å². The van der Waals surface area contributed by atoms with E-state index in [9.17, 15) is 20.2 Å². The second-order valence-corrected chi connectivity index (χ2v) is 7.66. The molecule has 0 unspecified atom stereocenters. The number of hydrogen-bond acceptors (Lipinski definition) is 6. The van der Waals surface area contributed by atoms with Crippen LogP contribution >= 0.6 is 0 Å². The Morgan fingerprint density at radius 1 is 0.571 bits per heavy atom. The van der Waals surface area contributed by atoms with Crippen LogP contribution in [0.2, 0.25) is 0 Å². The quantitative estimate of drug-likeness (QED) is 0.166. The van der Waals surface area contributed by atoms with E-state index >= 15 is 0 Å². The van der Waals surface area contributed by atoms with Crippen molar-refractivity contribution in [3.63, 3.8) is 0 Å². The number of hydrogen-bond donors (Lipinski definition) is 0. The maximum atomic E-state index is 11.1. The molecule has 0 aliphatic heterocycles. The van der Waals surface area contributed by atoms with Gasteiger partial charge in [-0.2, -0.15) is 0 Å². The predicted octanol–water partition coefficient (Wildman–Crippen LogP) is 6.60. The SMILES string of the molecule is O=[N+]([O-])c1ccccc1C=Nc1ccc(Cc2ccc(N=Cc3ccccc3[N+](=O)[O-])cc2)cc1. The minimum absolute atomic E-state index is 0.0163. The zero-order chi connectivity index (χ0) is 24.6. The van der Waals surface area contributed by atoms with Crippen LogP contribution < -0.4 is 0 Å². The standard InChI is InChI=1S/C27H20N4O4/c32-30(33)26-7-3-1-5-22(26)18-28-24-13-9-20(10-14-24)17-21-11-15-25(16-12-21)29-19-23-6-2-4-8-27(23)31(34)35/h1-16,18-19H,17H2. The summed E-state index contributed by atoms with van der Waals surface area (Å²) in [4.78, 5) is 30.1. The molecule has 0 spiro atoms.